The number of fused-ring (bicyclic) bond motifs is 2. The smallest absolute Gasteiger partial charge is 0.237 e. The van der Waals surface area contributed by atoms with Crippen LogP contribution in [0.5, 0.6) is 0 Å². The van der Waals surface area contributed by atoms with Crippen molar-refractivity contribution in [2.24, 2.45) is 11.3 Å². The predicted molar refractivity (Wildman–Crippen MR) is 149 cm³/mol. The van der Waals surface area contributed by atoms with Crippen molar-refractivity contribution in [3.05, 3.63) is 36.5 Å². The third kappa shape index (κ3) is 6.13. The van der Waals surface area contributed by atoms with E-state index in [-0.39, 0.29) is 24.4 Å². The molecular formula is C27H38N6O5S. The molecule has 4 rings (SSSR count). The van der Waals surface area contributed by atoms with Gasteiger partial charge in [0.1, 0.15) is 11.6 Å². The molecule has 212 valence electrons. The van der Waals surface area contributed by atoms with Gasteiger partial charge in [0.15, 0.2) is 5.78 Å². The molecule has 2 aliphatic rings. The lowest BCUT2D eigenvalue weighted by Crippen LogP contribution is -2.56. The van der Waals surface area contributed by atoms with Crippen LogP contribution in [0.3, 0.4) is 0 Å². The van der Waals surface area contributed by atoms with E-state index in [0.29, 0.717) is 18.8 Å². The van der Waals surface area contributed by atoms with Crippen molar-refractivity contribution in [3.63, 3.8) is 0 Å². The molecule has 1 aromatic heterocycles. The number of nitrogens with zero attached hydrogens (tertiary/aromatic N) is 2. The number of sulfonamides is 1. The van der Waals surface area contributed by atoms with Gasteiger partial charge in [-0.1, -0.05) is 45.0 Å². The summed E-state index contributed by atoms with van der Waals surface area (Å²) < 4.78 is 28.5. The fourth-order valence-electron chi connectivity index (χ4n) is 5.42. The molecule has 11 nitrogen and oxygen atoms in total. The number of nitrogens with one attached hydrogen (secondary N) is 4. The Hall–Kier alpha value is -2.93. The monoisotopic (exact) mass is 558 g/mol. The van der Waals surface area contributed by atoms with E-state index in [2.05, 4.69) is 26.3 Å². The number of aromatic nitrogens is 1. The van der Waals surface area contributed by atoms with Gasteiger partial charge in [0.2, 0.25) is 21.8 Å². The maximum Gasteiger partial charge on any atom is 0.237 e. The van der Waals surface area contributed by atoms with Crippen LogP contribution >= 0.6 is 0 Å². The Labute approximate surface area is 229 Å². The average Bonchev–Trinajstić information content (AvgIpc) is 3.48. The van der Waals surface area contributed by atoms with Crippen molar-refractivity contribution in [3.8, 4) is 0 Å². The van der Waals surface area contributed by atoms with Gasteiger partial charge in [0.25, 0.3) is 0 Å². The first-order valence-electron chi connectivity index (χ1n) is 13.2. The van der Waals surface area contributed by atoms with Crippen LogP contribution in [0.4, 0.5) is 5.82 Å². The first-order chi connectivity index (χ1) is 18.3. The number of amides is 2. The molecule has 2 aliphatic heterocycles. The summed E-state index contributed by atoms with van der Waals surface area (Å²) in [5.41, 5.74) is -0.702. The largest absolute Gasteiger partial charge is 0.344 e. The van der Waals surface area contributed by atoms with Gasteiger partial charge in [-0.3, -0.25) is 14.4 Å². The maximum atomic E-state index is 13.6. The summed E-state index contributed by atoms with van der Waals surface area (Å²) in [6.45, 7) is 7.52. The summed E-state index contributed by atoms with van der Waals surface area (Å²) >= 11 is 0. The molecular weight excluding hydrogens is 520 g/mol. The standard InChI is InChI=1S/C27H38N6O5S/c1-16(28-5)25(35)31-23(27(2,3)4)21(34)15-39(37,38)33-13-11-20-22(33)19(14-30-20)26(36)32-24-18-9-7-6-8-17(18)10-12-29-24/h6-10,12,16,19-20,22-23,28,30H,11,13-15H2,1-5H3,(H,31,35)(H,29,32,36). The number of carbonyl (C=O) groups is 3. The highest BCUT2D eigenvalue weighted by molar-refractivity contribution is 7.89. The third-order valence-electron chi connectivity index (χ3n) is 7.65. The number of hydrogen-bond donors (Lipinski definition) is 4. The Bertz CT molecular complexity index is 1350. The van der Waals surface area contributed by atoms with Gasteiger partial charge in [-0.2, -0.15) is 4.31 Å². The zero-order valence-corrected chi connectivity index (χ0v) is 23.8. The highest BCUT2D eigenvalue weighted by atomic mass is 32.2. The fourth-order valence-corrected chi connectivity index (χ4v) is 7.16. The minimum Gasteiger partial charge on any atom is -0.344 e. The van der Waals surface area contributed by atoms with E-state index in [1.165, 1.54) is 4.31 Å². The number of rotatable bonds is 9. The third-order valence-corrected chi connectivity index (χ3v) is 9.44. The normalized spacial score (nSPS) is 23.3. The molecule has 4 N–H and O–H groups in total. The van der Waals surface area contributed by atoms with E-state index in [1.807, 2.05) is 30.3 Å². The van der Waals surface area contributed by atoms with Crippen molar-refractivity contribution in [2.75, 3.05) is 31.2 Å². The summed E-state index contributed by atoms with van der Waals surface area (Å²) in [4.78, 5) is 43.6. The lowest BCUT2D eigenvalue weighted by Gasteiger charge is -2.32. The predicted octanol–water partition coefficient (Wildman–Crippen LogP) is 0.873. The summed E-state index contributed by atoms with van der Waals surface area (Å²) in [7, 11) is -2.44. The van der Waals surface area contributed by atoms with Crippen LogP contribution < -0.4 is 21.3 Å². The second-order valence-electron chi connectivity index (χ2n) is 11.4. The number of ketones is 1. The van der Waals surface area contributed by atoms with Crippen molar-refractivity contribution in [1.82, 2.24) is 25.2 Å². The van der Waals surface area contributed by atoms with Gasteiger partial charge in [0, 0.05) is 30.7 Å². The Kier molecular flexibility index (Phi) is 8.41. The lowest BCUT2D eigenvalue weighted by atomic mass is 9.84. The molecule has 1 aromatic carbocycles. The Morgan fingerprint density at radius 1 is 1.18 bits per heavy atom. The second-order valence-corrected chi connectivity index (χ2v) is 13.3. The summed E-state index contributed by atoms with van der Waals surface area (Å²) in [6.07, 6.45) is 2.15. The zero-order valence-electron chi connectivity index (χ0n) is 23.0. The average molecular weight is 559 g/mol. The van der Waals surface area contributed by atoms with Crippen LogP contribution in [0, 0.1) is 11.3 Å². The van der Waals surface area contributed by atoms with Gasteiger partial charge in [0.05, 0.1) is 24.0 Å². The van der Waals surface area contributed by atoms with Crippen molar-refractivity contribution in [2.45, 2.75) is 58.3 Å². The Morgan fingerprint density at radius 2 is 1.90 bits per heavy atom. The Morgan fingerprint density at radius 3 is 2.59 bits per heavy atom. The molecule has 2 amide bonds. The molecule has 39 heavy (non-hydrogen) atoms. The lowest BCUT2D eigenvalue weighted by molar-refractivity contribution is -0.129. The van der Waals surface area contributed by atoms with Crippen LogP contribution in [-0.4, -0.2) is 85.4 Å². The number of carbonyl (C=O) groups excluding carboxylic acids is 3. The Balaban J connectivity index is 1.51. The first kappa shape index (κ1) is 29.1. The highest BCUT2D eigenvalue weighted by Crippen LogP contribution is 2.33. The number of likely N-dealkylation sites (N-methyl/N-ethyl adjacent to an activating group) is 1. The van der Waals surface area contributed by atoms with Crippen molar-refractivity contribution >= 4 is 44.2 Å². The van der Waals surface area contributed by atoms with E-state index >= 15 is 0 Å². The molecule has 0 bridgehead atoms. The van der Waals surface area contributed by atoms with Crippen LogP contribution in [0.15, 0.2) is 36.5 Å². The van der Waals surface area contributed by atoms with E-state index in [4.69, 9.17) is 0 Å². The van der Waals surface area contributed by atoms with E-state index in [1.54, 1.807) is 40.9 Å². The summed E-state index contributed by atoms with van der Waals surface area (Å²) in [5.74, 6) is -2.29. The molecule has 0 spiro atoms. The number of hydrogen-bond acceptors (Lipinski definition) is 8. The van der Waals surface area contributed by atoms with Crippen LogP contribution in [-0.2, 0) is 24.4 Å². The van der Waals surface area contributed by atoms with Crippen molar-refractivity contribution in [1.29, 1.82) is 0 Å². The van der Waals surface area contributed by atoms with Crippen LogP contribution in [0.1, 0.15) is 34.1 Å². The molecule has 2 saturated heterocycles. The maximum absolute atomic E-state index is 13.6. The van der Waals surface area contributed by atoms with Gasteiger partial charge >= 0.3 is 0 Å². The van der Waals surface area contributed by atoms with Crippen LogP contribution in [0.25, 0.3) is 10.8 Å². The number of Topliss-reactive ketones (excluding diaryl/α,β-unsaturated/α-hetero) is 1. The molecule has 2 fully saturated rings. The molecule has 5 atom stereocenters. The molecule has 2 aromatic rings. The quantitative estimate of drug-likeness (QED) is 0.354. The number of benzene rings is 1. The van der Waals surface area contributed by atoms with E-state index in [9.17, 15) is 22.8 Å². The fraction of sp³-hybridized carbons (Fsp3) is 0.556. The highest BCUT2D eigenvalue weighted by Gasteiger charge is 2.52. The molecule has 3 heterocycles. The SMILES string of the molecule is CNC(C)C(=O)NC(C(=O)CS(=O)(=O)N1CCC2NCC(C(=O)Nc3nccc4ccccc34)C21)C(C)(C)C. The van der Waals surface area contributed by atoms with Crippen LogP contribution in [0.2, 0.25) is 0 Å². The van der Waals surface area contributed by atoms with Gasteiger partial charge in [-0.15, -0.1) is 0 Å². The van der Waals surface area contributed by atoms with E-state index < -0.39 is 51.0 Å². The summed E-state index contributed by atoms with van der Waals surface area (Å²) in [6, 6.07) is 7.06. The van der Waals surface area contributed by atoms with Crippen molar-refractivity contribution < 1.29 is 22.8 Å². The minimum atomic E-state index is -4.07. The minimum absolute atomic E-state index is 0.194. The number of anilines is 1. The molecule has 5 unspecified atom stereocenters. The van der Waals surface area contributed by atoms with Gasteiger partial charge < -0.3 is 21.3 Å². The first-order valence-corrected chi connectivity index (χ1v) is 14.8. The summed E-state index contributed by atoms with van der Waals surface area (Å²) in [5, 5.41) is 13.4. The topological polar surface area (TPSA) is 150 Å². The molecule has 0 aliphatic carbocycles. The van der Waals surface area contributed by atoms with Gasteiger partial charge in [-0.25, -0.2) is 13.4 Å². The number of pyridine rings is 1. The van der Waals surface area contributed by atoms with Gasteiger partial charge in [-0.05, 0) is 37.3 Å². The molecule has 0 radical (unpaired) electrons. The zero-order chi connectivity index (χ0) is 28.5. The molecule has 0 saturated carbocycles. The molecule has 12 heteroatoms. The van der Waals surface area contributed by atoms with E-state index in [0.717, 1.165) is 10.8 Å². The second kappa shape index (κ2) is 11.3.